The fourth-order valence-electron chi connectivity index (χ4n) is 3.34. The number of rotatable bonds is 2. The van der Waals surface area contributed by atoms with Crippen molar-refractivity contribution in [3.05, 3.63) is 65.0 Å². The summed E-state index contributed by atoms with van der Waals surface area (Å²) in [6.45, 7) is 0.779. The standard InChI is InChI=1S/C18H15FN2O2/c19-14-4-6-15(7-5-14)21-10-13-2-1-11-9-12(18(22)23)3-8-16(11)17(13)20-21/h3-9,13H,1-2,10H2,(H,22,23). The lowest BCUT2D eigenvalue weighted by Crippen LogP contribution is -2.24. The molecule has 116 valence electrons. The van der Waals surface area contributed by atoms with Crippen LogP contribution in [0.25, 0.3) is 0 Å². The summed E-state index contributed by atoms with van der Waals surface area (Å²) < 4.78 is 13.1. The van der Waals surface area contributed by atoms with E-state index in [-0.39, 0.29) is 5.82 Å². The third-order valence-electron chi connectivity index (χ3n) is 4.52. The Labute approximate surface area is 132 Å². The number of hydrogen-bond acceptors (Lipinski definition) is 3. The van der Waals surface area contributed by atoms with Gasteiger partial charge in [0.25, 0.3) is 0 Å². The van der Waals surface area contributed by atoms with Gasteiger partial charge in [0.05, 0.1) is 23.5 Å². The summed E-state index contributed by atoms with van der Waals surface area (Å²) in [5.41, 5.74) is 4.28. The summed E-state index contributed by atoms with van der Waals surface area (Å²) >= 11 is 0. The van der Waals surface area contributed by atoms with Crippen molar-refractivity contribution < 1.29 is 14.3 Å². The monoisotopic (exact) mass is 310 g/mol. The van der Waals surface area contributed by atoms with Gasteiger partial charge in [-0.05, 0) is 54.8 Å². The number of hydrazone groups is 1. The van der Waals surface area contributed by atoms with Crippen molar-refractivity contribution in [1.82, 2.24) is 0 Å². The molecule has 4 rings (SSSR count). The highest BCUT2D eigenvalue weighted by Gasteiger charge is 2.33. The number of carboxylic acid groups (broad SMARTS) is 1. The molecule has 1 aliphatic carbocycles. The topological polar surface area (TPSA) is 52.9 Å². The Morgan fingerprint density at radius 1 is 1.22 bits per heavy atom. The lowest BCUT2D eigenvalue weighted by Gasteiger charge is -2.22. The third-order valence-corrected chi connectivity index (χ3v) is 4.52. The largest absolute Gasteiger partial charge is 0.478 e. The van der Waals surface area contributed by atoms with Gasteiger partial charge in [-0.1, -0.05) is 6.07 Å². The molecular formula is C18H15FN2O2. The van der Waals surface area contributed by atoms with E-state index in [4.69, 9.17) is 10.2 Å². The van der Waals surface area contributed by atoms with Crippen LogP contribution in [0.15, 0.2) is 47.6 Å². The number of halogens is 1. The number of hydrogen-bond donors (Lipinski definition) is 1. The van der Waals surface area contributed by atoms with E-state index in [1.54, 1.807) is 24.3 Å². The lowest BCUT2D eigenvalue weighted by molar-refractivity contribution is 0.0696. The molecule has 4 nitrogen and oxygen atoms in total. The number of anilines is 1. The number of carboxylic acids is 1. The van der Waals surface area contributed by atoms with Gasteiger partial charge in [-0.2, -0.15) is 5.10 Å². The van der Waals surface area contributed by atoms with Gasteiger partial charge < -0.3 is 5.11 Å². The van der Waals surface area contributed by atoms with Crippen LogP contribution < -0.4 is 5.01 Å². The van der Waals surface area contributed by atoms with Crippen LogP contribution in [0.2, 0.25) is 0 Å². The summed E-state index contributed by atoms with van der Waals surface area (Å²) in [7, 11) is 0. The molecule has 0 saturated heterocycles. The molecule has 1 unspecified atom stereocenters. The average Bonchev–Trinajstić information content (AvgIpc) is 2.99. The van der Waals surface area contributed by atoms with Crippen LogP contribution in [0.4, 0.5) is 10.1 Å². The van der Waals surface area contributed by atoms with Gasteiger partial charge in [-0.3, -0.25) is 5.01 Å². The average molecular weight is 310 g/mol. The first-order chi connectivity index (χ1) is 11.1. The Balaban J connectivity index is 1.70. The SMILES string of the molecule is O=C(O)c1ccc2c(c1)CCC1CN(c3ccc(F)cc3)N=C21. The fraction of sp³-hybridized carbons (Fsp3) is 0.222. The molecule has 0 bridgehead atoms. The number of aromatic carboxylic acids is 1. The second-order valence-electron chi connectivity index (χ2n) is 5.96. The summed E-state index contributed by atoms with van der Waals surface area (Å²) in [4.78, 5) is 11.1. The van der Waals surface area contributed by atoms with Crippen molar-refractivity contribution in [2.75, 3.05) is 11.6 Å². The maximum absolute atomic E-state index is 13.1. The molecule has 0 amide bonds. The fourth-order valence-corrected chi connectivity index (χ4v) is 3.34. The van der Waals surface area contributed by atoms with Crippen molar-refractivity contribution in [1.29, 1.82) is 0 Å². The van der Waals surface area contributed by atoms with E-state index in [1.165, 1.54) is 12.1 Å². The Hall–Kier alpha value is -2.69. The van der Waals surface area contributed by atoms with E-state index < -0.39 is 5.97 Å². The van der Waals surface area contributed by atoms with Crippen molar-refractivity contribution in [2.24, 2.45) is 11.0 Å². The molecule has 2 aromatic rings. The Morgan fingerprint density at radius 3 is 2.74 bits per heavy atom. The number of fused-ring (bicyclic) bond motifs is 3. The first-order valence-corrected chi connectivity index (χ1v) is 7.60. The molecule has 1 atom stereocenters. The van der Waals surface area contributed by atoms with Crippen LogP contribution in [-0.4, -0.2) is 23.3 Å². The highest BCUT2D eigenvalue weighted by Crippen LogP contribution is 2.33. The molecule has 0 aromatic heterocycles. The summed E-state index contributed by atoms with van der Waals surface area (Å²) in [5.74, 6) is -0.830. The Morgan fingerprint density at radius 2 is 2.00 bits per heavy atom. The Kier molecular flexibility index (Phi) is 3.15. The normalized spacial score (nSPS) is 19.1. The quantitative estimate of drug-likeness (QED) is 0.926. The first kappa shape index (κ1) is 13.9. The van der Waals surface area contributed by atoms with Gasteiger partial charge in [0.1, 0.15) is 5.82 Å². The molecule has 0 fully saturated rings. The molecule has 5 heteroatoms. The van der Waals surface area contributed by atoms with Gasteiger partial charge >= 0.3 is 5.97 Å². The predicted octanol–water partition coefficient (Wildman–Crippen LogP) is 3.31. The molecular weight excluding hydrogens is 295 g/mol. The summed E-state index contributed by atoms with van der Waals surface area (Å²) in [6.07, 6.45) is 1.81. The van der Waals surface area contributed by atoms with Gasteiger partial charge in [0.15, 0.2) is 0 Å². The van der Waals surface area contributed by atoms with Crippen LogP contribution in [-0.2, 0) is 6.42 Å². The van der Waals surface area contributed by atoms with E-state index in [2.05, 4.69) is 0 Å². The molecule has 1 aliphatic heterocycles. The zero-order valence-electron chi connectivity index (χ0n) is 12.4. The molecule has 2 aromatic carbocycles. The zero-order chi connectivity index (χ0) is 16.0. The summed E-state index contributed by atoms with van der Waals surface area (Å²) in [6, 6.07) is 11.6. The predicted molar refractivity (Wildman–Crippen MR) is 85.5 cm³/mol. The minimum absolute atomic E-state index is 0.260. The molecule has 23 heavy (non-hydrogen) atoms. The van der Waals surface area contributed by atoms with Crippen molar-refractivity contribution in [2.45, 2.75) is 12.8 Å². The molecule has 1 heterocycles. The maximum atomic E-state index is 13.1. The van der Waals surface area contributed by atoms with Crippen molar-refractivity contribution in [3.63, 3.8) is 0 Å². The molecule has 0 spiro atoms. The van der Waals surface area contributed by atoms with Crippen molar-refractivity contribution in [3.8, 4) is 0 Å². The minimum Gasteiger partial charge on any atom is -0.478 e. The van der Waals surface area contributed by atoms with E-state index in [0.717, 1.165) is 41.9 Å². The first-order valence-electron chi connectivity index (χ1n) is 7.60. The number of carbonyl (C=O) groups is 1. The molecule has 1 N–H and O–H groups in total. The maximum Gasteiger partial charge on any atom is 0.335 e. The van der Waals surface area contributed by atoms with Gasteiger partial charge in [-0.25, -0.2) is 9.18 Å². The number of aryl methyl sites for hydroxylation is 1. The van der Waals surface area contributed by atoms with Crippen LogP contribution in [0.1, 0.15) is 27.9 Å². The number of nitrogens with zero attached hydrogens (tertiary/aromatic N) is 2. The second kappa shape index (κ2) is 5.19. The minimum atomic E-state index is -0.906. The zero-order valence-corrected chi connectivity index (χ0v) is 12.4. The van der Waals surface area contributed by atoms with Crippen LogP contribution >= 0.6 is 0 Å². The van der Waals surface area contributed by atoms with Crippen LogP contribution in [0, 0.1) is 11.7 Å². The van der Waals surface area contributed by atoms with Crippen LogP contribution in [0.5, 0.6) is 0 Å². The van der Waals surface area contributed by atoms with Gasteiger partial charge in [0.2, 0.25) is 0 Å². The van der Waals surface area contributed by atoms with Gasteiger partial charge in [0, 0.05) is 11.5 Å². The molecule has 0 radical (unpaired) electrons. The molecule has 2 aliphatic rings. The second-order valence-corrected chi connectivity index (χ2v) is 5.96. The van der Waals surface area contributed by atoms with Crippen molar-refractivity contribution >= 4 is 17.4 Å². The lowest BCUT2D eigenvalue weighted by atomic mass is 9.82. The van der Waals surface area contributed by atoms with E-state index in [0.29, 0.717) is 11.5 Å². The smallest absolute Gasteiger partial charge is 0.335 e. The highest BCUT2D eigenvalue weighted by molar-refractivity contribution is 6.07. The third kappa shape index (κ3) is 2.38. The molecule has 0 saturated carbocycles. The van der Waals surface area contributed by atoms with Crippen LogP contribution in [0.3, 0.4) is 0 Å². The van der Waals surface area contributed by atoms with E-state index in [1.807, 2.05) is 11.1 Å². The van der Waals surface area contributed by atoms with Gasteiger partial charge in [-0.15, -0.1) is 0 Å². The summed E-state index contributed by atoms with van der Waals surface area (Å²) in [5, 5.41) is 15.7. The number of benzene rings is 2. The highest BCUT2D eigenvalue weighted by atomic mass is 19.1. The van der Waals surface area contributed by atoms with E-state index in [9.17, 15) is 9.18 Å². The van der Waals surface area contributed by atoms with E-state index >= 15 is 0 Å². The Bertz CT molecular complexity index is 814.